The molecule has 0 aromatic heterocycles. The smallest absolute Gasteiger partial charge is 0.0652 e. The normalized spacial score (nSPS) is 27.4. The Morgan fingerprint density at radius 1 is 0.438 bits per heavy atom. The quantitative estimate of drug-likeness (QED) is 0.272. The van der Waals surface area contributed by atoms with Crippen molar-refractivity contribution in [3.63, 3.8) is 0 Å². The molecule has 0 heterocycles. The van der Waals surface area contributed by atoms with Crippen LogP contribution in [0.2, 0.25) is 147 Å². The SMILES string of the molecule is C[Si](C)(C)C1C=C([Si](C)([Si](C)(C)C)[Si](C)(C)C)C([Si](C)(C)C)C([Si](C)(C)C)C1[Si](C)(C)C. The molecule has 0 saturated heterocycles. The van der Waals surface area contributed by atoms with Crippen LogP contribution in [0, 0.1) is 0 Å². The highest BCUT2D eigenvalue weighted by Crippen LogP contribution is 2.66. The highest BCUT2D eigenvalue weighted by atomic mass is 29.6. The van der Waals surface area contributed by atoms with Crippen LogP contribution in [-0.2, 0) is 0 Å². The molecule has 4 atom stereocenters. The standard InChI is InChI=1S/C25H62Si7/c1-26(2,3)21-20-22(32(19,30(13,14)15)31(16,17)18)24(28(7,8)9)25(29(10,11)12)23(21)27(4,5)6/h20-21,23-25H,1-19H3. The Morgan fingerprint density at radius 2 is 0.781 bits per heavy atom. The van der Waals surface area contributed by atoms with Crippen LogP contribution in [0.4, 0.5) is 0 Å². The van der Waals surface area contributed by atoms with Gasteiger partial charge in [0.15, 0.2) is 0 Å². The zero-order valence-electron chi connectivity index (χ0n) is 25.9. The fourth-order valence-corrected chi connectivity index (χ4v) is 68.3. The number of rotatable bonds is 7. The molecule has 0 aliphatic heterocycles. The van der Waals surface area contributed by atoms with E-state index >= 15 is 0 Å². The van der Waals surface area contributed by atoms with E-state index in [4.69, 9.17) is 0 Å². The summed E-state index contributed by atoms with van der Waals surface area (Å²) in [6, 6.07) is 0. The van der Waals surface area contributed by atoms with Crippen molar-refractivity contribution in [2.24, 2.45) is 0 Å². The second-order valence-electron chi connectivity index (χ2n) is 17.8. The summed E-state index contributed by atoms with van der Waals surface area (Å²) >= 11 is 0. The van der Waals surface area contributed by atoms with Crippen LogP contribution in [0.25, 0.3) is 0 Å². The zero-order chi connectivity index (χ0) is 26.1. The second-order valence-corrected chi connectivity index (χ2v) is 67.6. The average Bonchev–Trinajstić information content (AvgIpc) is 2.46. The van der Waals surface area contributed by atoms with Crippen molar-refractivity contribution < 1.29 is 0 Å². The highest BCUT2D eigenvalue weighted by Gasteiger charge is 2.62. The third-order valence-electron chi connectivity index (χ3n) is 9.34. The van der Waals surface area contributed by atoms with Crippen molar-refractivity contribution in [2.75, 3.05) is 0 Å². The fraction of sp³-hybridized carbons (Fsp3) is 0.920. The van der Waals surface area contributed by atoms with Gasteiger partial charge >= 0.3 is 0 Å². The van der Waals surface area contributed by atoms with E-state index in [0.717, 1.165) is 22.2 Å². The molecule has 190 valence electrons. The van der Waals surface area contributed by atoms with Crippen LogP contribution in [0.1, 0.15) is 0 Å². The first-order chi connectivity index (χ1) is 13.6. The van der Waals surface area contributed by atoms with Crippen molar-refractivity contribution in [3.8, 4) is 0 Å². The summed E-state index contributed by atoms with van der Waals surface area (Å²) in [5.74, 6) is 0. The highest BCUT2D eigenvalue weighted by molar-refractivity contribution is 7.70. The van der Waals surface area contributed by atoms with Crippen LogP contribution in [0.5, 0.6) is 0 Å². The lowest BCUT2D eigenvalue weighted by atomic mass is 10.0. The molecular formula is C25H62Si7. The average molecular weight is 559 g/mol. The Labute approximate surface area is 211 Å². The Balaban J connectivity index is 4.30. The van der Waals surface area contributed by atoms with Gasteiger partial charge in [-0.05, 0) is 22.2 Å². The molecule has 0 fully saturated rings. The van der Waals surface area contributed by atoms with Crippen molar-refractivity contribution in [2.45, 2.75) is 147 Å². The number of hydrogen-bond acceptors (Lipinski definition) is 0. The monoisotopic (exact) mass is 558 g/mol. The van der Waals surface area contributed by atoms with Gasteiger partial charge < -0.3 is 0 Å². The first kappa shape index (κ1) is 31.3. The van der Waals surface area contributed by atoms with E-state index in [2.05, 4.69) is 136 Å². The molecular weight excluding hydrogens is 497 g/mol. The molecule has 0 radical (unpaired) electrons. The van der Waals surface area contributed by atoms with Crippen molar-refractivity contribution in [1.29, 1.82) is 0 Å². The maximum atomic E-state index is 3.11. The maximum absolute atomic E-state index is 3.11. The zero-order valence-corrected chi connectivity index (χ0v) is 32.9. The van der Waals surface area contributed by atoms with Gasteiger partial charge in [0, 0.05) is 31.3 Å². The lowest BCUT2D eigenvalue weighted by molar-refractivity contribution is 0.643. The van der Waals surface area contributed by atoms with Crippen molar-refractivity contribution in [1.82, 2.24) is 0 Å². The molecule has 0 bridgehead atoms. The van der Waals surface area contributed by atoms with Crippen LogP contribution >= 0.6 is 0 Å². The summed E-state index contributed by atoms with van der Waals surface area (Å²) < 4.78 is 0. The van der Waals surface area contributed by atoms with E-state index in [1.807, 2.05) is 0 Å². The molecule has 1 rings (SSSR count). The first-order valence-electron chi connectivity index (χ1n) is 13.3. The van der Waals surface area contributed by atoms with Crippen LogP contribution in [-0.4, -0.2) is 54.6 Å². The summed E-state index contributed by atoms with van der Waals surface area (Å²) in [6.07, 6.45) is 3.11. The molecule has 0 spiro atoms. The van der Waals surface area contributed by atoms with Gasteiger partial charge in [-0.1, -0.05) is 136 Å². The van der Waals surface area contributed by atoms with E-state index in [9.17, 15) is 0 Å². The van der Waals surface area contributed by atoms with E-state index < -0.39 is 54.6 Å². The summed E-state index contributed by atoms with van der Waals surface area (Å²) in [6.45, 7) is 52.3. The Bertz CT molecular complexity index is 684. The summed E-state index contributed by atoms with van der Waals surface area (Å²) in [7, 11) is -9.52. The van der Waals surface area contributed by atoms with Gasteiger partial charge in [-0.3, -0.25) is 0 Å². The molecule has 1 aliphatic rings. The van der Waals surface area contributed by atoms with Gasteiger partial charge in [0.05, 0.1) is 23.3 Å². The largest absolute Gasteiger partial charge is 0.0893 e. The minimum atomic E-state index is -1.52. The molecule has 0 nitrogen and oxygen atoms in total. The van der Waals surface area contributed by atoms with E-state index in [0.29, 0.717) is 0 Å². The van der Waals surface area contributed by atoms with Gasteiger partial charge in [-0.2, -0.15) is 0 Å². The van der Waals surface area contributed by atoms with Gasteiger partial charge in [0.25, 0.3) is 0 Å². The van der Waals surface area contributed by atoms with Gasteiger partial charge in [0.1, 0.15) is 0 Å². The van der Waals surface area contributed by atoms with Crippen molar-refractivity contribution in [3.05, 3.63) is 11.3 Å². The van der Waals surface area contributed by atoms with E-state index in [1.165, 1.54) is 0 Å². The van der Waals surface area contributed by atoms with E-state index in [1.54, 1.807) is 0 Å². The molecule has 1 aliphatic carbocycles. The summed E-state index contributed by atoms with van der Waals surface area (Å²) in [5, 5.41) is 2.16. The summed E-state index contributed by atoms with van der Waals surface area (Å²) in [5.41, 5.74) is 3.82. The Morgan fingerprint density at radius 3 is 1.00 bits per heavy atom. The van der Waals surface area contributed by atoms with Crippen LogP contribution in [0.15, 0.2) is 11.3 Å². The van der Waals surface area contributed by atoms with Gasteiger partial charge in [0.2, 0.25) is 0 Å². The fourth-order valence-electron chi connectivity index (χ4n) is 7.40. The van der Waals surface area contributed by atoms with Gasteiger partial charge in [-0.25, -0.2) is 0 Å². The maximum Gasteiger partial charge on any atom is 0.0652 e. The first-order valence-corrected chi connectivity index (χ1v) is 39.1. The number of hydrogen-bond donors (Lipinski definition) is 0. The minimum absolute atomic E-state index is 0.896. The Kier molecular flexibility index (Phi) is 8.78. The third kappa shape index (κ3) is 5.97. The lowest BCUT2D eigenvalue weighted by Crippen LogP contribution is -2.73. The Hall–Kier alpha value is 1.26. The molecule has 32 heavy (non-hydrogen) atoms. The van der Waals surface area contributed by atoms with E-state index in [-0.39, 0.29) is 0 Å². The topological polar surface area (TPSA) is 0 Å². The molecule has 0 aromatic carbocycles. The molecule has 7 heteroatoms. The minimum Gasteiger partial charge on any atom is -0.0893 e. The molecule has 0 N–H and O–H groups in total. The lowest BCUT2D eigenvalue weighted by Gasteiger charge is -2.63. The third-order valence-corrected chi connectivity index (χ3v) is 62.0. The van der Waals surface area contributed by atoms with Crippen molar-refractivity contribution >= 4 is 54.6 Å². The predicted octanol–water partition coefficient (Wildman–Crippen LogP) is 10.2. The predicted molar refractivity (Wildman–Crippen MR) is 175 cm³/mol. The molecule has 4 unspecified atom stereocenters. The molecule has 0 aromatic rings. The van der Waals surface area contributed by atoms with Crippen LogP contribution < -0.4 is 0 Å². The van der Waals surface area contributed by atoms with Crippen LogP contribution in [0.3, 0.4) is 0 Å². The van der Waals surface area contributed by atoms with Gasteiger partial charge in [-0.15, -0.1) is 0 Å². The second kappa shape index (κ2) is 8.98. The molecule has 0 amide bonds. The molecule has 0 saturated carbocycles. The number of allylic oxidation sites excluding steroid dienone is 2. The summed E-state index contributed by atoms with van der Waals surface area (Å²) in [4.78, 5) is 0.